The molecule has 1 aromatic rings. The van der Waals surface area contributed by atoms with Gasteiger partial charge in [0.2, 0.25) is 0 Å². The summed E-state index contributed by atoms with van der Waals surface area (Å²) in [6, 6.07) is 6.98. The SMILES string of the molecule is CN=C(NCCCCSC)NCC1(c2ccc(F)cc2)CCC1.I. The second-order valence-corrected chi connectivity index (χ2v) is 7.18. The van der Waals surface area contributed by atoms with Gasteiger partial charge in [0.1, 0.15) is 5.82 Å². The highest BCUT2D eigenvalue weighted by Gasteiger charge is 2.38. The molecule has 0 radical (unpaired) electrons. The summed E-state index contributed by atoms with van der Waals surface area (Å²) in [5, 5.41) is 6.84. The topological polar surface area (TPSA) is 36.4 Å². The smallest absolute Gasteiger partial charge is 0.191 e. The number of hydrogen-bond acceptors (Lipinski definition) is 2. The lowest BCUT2D eigenvalue weighted by Crippen LogP contribution is -2.49. The van der Waals surface area contributed by atoms with E-state index >= 15 is 0 Å². The van der Waals surface area contributed by atoms with Crippen LogP contribution in [0.1, 0.15) is 37.7 Å². The minimum atomic E-state index is -0.168. The van der Waals surface area contributed by atoms with Crippen molar-refractivity contribution in [1.82, 2.24) is 10.6 Å². The molecule has 2 N–H and O–H groups in total. The maximum atomic E-state index is 13.1. The van der Waals surface area contributed by atoms with Gasteiger partial charge in [-0.1, -0.05) is 18.6 Å². The van der Waals surface area contributed by atoms with E-state index in [0.29, 0.717) is 0 Å². The van der Waals surface area contributed by atoms with Gasteiger partial charge in [-0.15, -0.1) is 24.0 Å². The highest BCUT2D eigenvalue weighted by Crippen LogP contribution is 2.43. The number of benzene rings is 1. The Morgan fingerprint density at radius 2 is 1.92 bits per heavy atom. The Balaban J connectivity index is 0.00000288. The van der Waals surface area contributed by atoms with Gasteiger partial charge in [0.05, 0.1) is 0 Å². The van der Waals surface area contributed by atoms with Crippen LogP contribution in [0.25, 0.3) is 0 Å². The molecule has 2 rings (SSSR count). The number of unbranched alkanes of at least 4 members (excludes halogenated alkanes) is 1. The van der Waals surface area contributed by atoms with E-state index in [1.54, 1.807) is 12.1 Å². The first kappa shape index (κ1) is 21.5. The van der Waals surface area contributed by atoms with Crippen molar-refractivity contribution in [2.24, 2.45) is 4.99 Å². The number of halogens is 2. The van der Waals surface area contributed by atoms with Gasteiger partial charge < -0.3 is 10.6 Å². The lowest BCUT2D eigenvalue weighted by molar-refractivity contribution is 0.243. The lowest BCUT2D eigenvalue weighted by atomic mass is 9.64. The van der Waals surface area contributed by atoms with E-state index in [-0.39, 0.29) is 35.2 Å². The number of guanidine groups is 1. The fourth-order valence-corrected chi connectivity index (χ4v) is 3.52. The van der Waals surface area contributed by atoms with Crippen LogP contribution < -0.4 is 10.6 Å². The molecule has 1 fully saturated rings. The summed E-state index contributed by atoms with van der Waals surface area (Å²) in [5.41, 5.74) is 1.36. The quantitative estimate of drug-likeness (QED) is 0.262. The standard InChI is InChI=1S/C18H28FN3S.HI/c1-20-17(21-12-3-4-13-23-2)22-14-18(10-5-11-18)15-6-8-16(19)9-7-15;/h6-9H,3-5,10-14H2,1-2H3,(H2,20,21,22);1H. The summed E-state index contributed by atoms with van der Waals surface area (Å²) in [7, 11) is 1.81. The molecule has 0 spiro atoms. The summed E-state index contributed by atoms with van der Waals surface area (Å²) in [6.45, 7) is 1.80. The number of thioether (sulfide) groups is 1. The van der Waals surface area contributed by atoms with E-state index in [9.17, 15) is 4.39 Å². The van der Waals surface area contributed by atoms with Gasteiger partial charge in [-0.2, -0.15) is 11.8 Å². The van der Waals surface area contributed by atoms with Crippen molar-refractivity contribution in [3.63, 3.8) is 0 Å². The summed E-state index contributed by atoms with van der Waals surface area (Å²) in [6.07, 6.45) is 8.06. The van der Waals surface area contributed by atoms with Gasteiger partial charge in [0.25, 0.3) is 0 Å². The minimum absolute atomic E-state index is 0. The van der Waals surface area contributed by atoms with Crippen LogP contribution in [0.15, 0.2) is 29.3 Å². The highest BCUT2D eigenvalue weighted by atomic mass is 127. The zero-order chi connectivity index (χ0) is 16.5. The first-order valence-corrected chi connectivity index (χ1v) is 9.79. The fourth-order valence-electron chi connectivity index (χ4n) is 3.03. The van der Waals surface area contributed by atoms with Crippen LogP contribution in [0, 0.1) is 5.82 Å². The number of hydrogen-bond donors (Lipinski definition) is 2. The van der Waals surface area contributed by atoms with E-state index in [0.717, 1.165) is 38.3 Å². The molecule has 0 aromatic heterocycles. The Kier molecular flexibility index (Phi) is 10.0. The van der Waals surface area contributed by atoms with Crippen molar-refractivity contribution in [2.45, 2.75) is 37.5 Å². The number of nitrogens with one attached hydrogen (secondary N) is 2. The van der Waals surface area contributed by atoms with Crippen LogP contribution in [0.5, 0.6) is 0 Å². The molecule has 0 unspecified atom stereocenters. The molecule has 0 amide bonds. The Bertz CT molecular complexity index is 503. The van der Waals surface area contributed by atoms with Crippen molar-refractivity contribution < 1.29 is 4.39 Å². The first-order chi connectivity index (χ1) is 11.2. The molecule has 24 heavy (non-hydrogen) atoms. The molecule has 3 nitrogen and oxygen atoms in total. The van der Waals surface area contributed by atoms with Crippen LogP contribution >= 0.6 is 35.7 Å². The third kappa shape index (κ3) is 6.10. The Morgan fingerprint density at radius 1 is 1.21 bits per heavy atom. The van der Waals surface area contributed by atoms with Crippen LogP contribution in [0.3, 0.4) is 0 Å². The summed E-state index contributed by atoms with van der Waals surface area (Å²) in [4.78, 5) is 4.30. The molecule has 1 aliphatic rings. The maximum Gasteiger partial charge on any atom is 0.191 e. The largest absolute Gasteiger partial charge is 0.356 e. The normalized spacial score (nSPS) is 16.0. The van der Waals surface area contributed by atoms with E-state index in [1.165, 1.54) is 24.2 Å². The minimum Gasteiger partial charge on any atom is -0.356 e. The van der Waals surface area contributed by atoms with E-state index in [4.69, 9.17) is 0 Å². The lowest BCUT2D eigenvalue weighted by Gasteiger charge is -2.43. The summed E-state index contributed by atoms with van der Waals surface area (Å²) in [5.74, 6) is 1.91. The van der Waals surface area contributed by atoms with E-state index in [2.05, 4.69) is 21.9 Å². The third-order valence-corrected chi connectivity index (χ3v) is 5.35. The fraction of sp³-hybridized carbons (Fsp3) is 0.611. The zero-order valence-electron chi connectivity index (χ0n) is 14.6. The predicted octanol–water partition coefficient (Wildman–Crippen LogP) is 4.17. The molecule has 0 bridgehead atoms. The van der Waals surface area contributed by atoms with Gasteiger partial charge in [-0.05, 0) is 55.4 Å². The van der Waals surface area contributed by atoms with E-state index < -0.39 is 0 Å². The molecule has 0 heterocycles. The van der Waals surface area contributed by atoms with Crippen molar-refractivity contribution >= 4 is 41.7 Å². The summed E-state index contributed by atoms with van der Waals surface area (Å²) >= 11 is 1.89. The zero-order valence-corrected chi connectivity index (χ0v) is 17.8. The Hall–Kier alpha value is -0.500. The molecule has 136 valence electrons. The average Bonchev–Trinajstić information content (AvgIpc) is 2.53. The number of nitrogens with zero attached hydrogens (tertiary/aromatic N) is 1. The van der Waals surface area contributed by atoms with Crippen molar-refractivity contribution in [3.05, 3.63) is 35.6 Å². The highest BCUT2D eigenvalue weighted by molar-refractivity contribution is 14.0. The second-order valence-electron chi connectivity index (χ2n) is 6.19. The van der Waals surface area contributed by atoms with E-state index in [1.807, 2.05) is 30.9 Å². The monoisotopic (exact) mass is 465 g/mol. The Labute approximate surface area is 166 Å². The average molecular weight is 465 g/mol. The molecule has 6 heteroatoms. The molecule has 1 aliphatic carbocycles. The number of aliphatic imine (C=N–C) groups is 1. The third-order valence-electron chi connectivity index (χ3n) is 4.65. The molecule has 0 aliphatic heterocycles. The first-order valence-electron chi connectivity index (χ1n) is 8.40. The van der Waals surface area contributed by atoms with Crippen LogP contribution in [-0.4, -0.2) is 38.1 Å². The van der Waals surface area contributed by atoms with Crippen molar-refractivity contribution in [1.29, 1.82) is 0 Å². The molecular weight excluding hydrogens is 436 g/mol. The van der Waals surface area contributed by atoms with Gasteiger partial charge in [-0.25, -0.2) is 4.39 Å². The second kappa shape index (κ2) is 11.2. The number of rotatable bonds is 8. The Morgan fingerprint density at radius 3 is 2.46 bits per heavy atom. The van der Waals surface area contributed by atoms with Gasteiger partial charge in [0.15, 0.2) is 5.96 Å². The molecular formula is C18H29FIN3S. The molecule has 0 atom stereocenters. The van der Waals surface area contributed by atoms with Crippen molar-refractivity contribution in [3.8, 4) is 0 Å². The van der Waals surface area contributed by atoms with Crippen LogP contribution in [-0.2, 0) is 5.41 Å². The van der Waals surface area contributed by atoms with Gasteiger partial charge in [0, 0.05) is 25.6 Å². The van der Waals surface area contributed by atoms with Gasteiger partial charge >= 0.3 is 0 Å². The molecule has 1 aromatic carbocycles. The summed E-state index contributed by atoms with van der Waals surface area (Å²) < 4.78 is 13.1. The predicted molar refractivity (Wildman–Crippen MR) is 114 cm³/mol. The maximum absolute atomic E-state index is 13.1. The van der Waals surface area contributed by atoms with Crippen LogP contribution in [0.2, 0.25) is 0 Å². The molecule has 1 saturated carbocycles. The van der Waals surface area contributed by atoms with Crippen LogP contribution in [0.4, 0.5) is 4.39 Å². The molecule has 0 saturated heterocycles. The van der Waals surface area contributed by atoms with Crippen molar-refractivity contribution in [2.75, 3.05) is 32.1 Å². The van der Waals surface area contributed by atoms with Gasteiger partial charge in [-0.3, -0.25) is 4.99 Å².